The van der Waals surface area contributed by atoms with Crippen LogP contribution in [0.5, 0.6) is 0 Å². The van der Waals surface area contributed by atoms with Crippen LogP contribution in [0, 0.1) is 12.3 Å². The van der Waals surface area contributed by atoms with Crippen molar-refractivity contribution in [1.82, 2.24) is 19.9 Å². The van der Waals surface area contributed by atoms with Gasteiger partial charge in [-0.1, -0.05) is 31.2 Å². The first kappa shape index (κ1) is 15.6. The SMILES string of the molecule is Cc1nc2ccc(NC(=O)NCC3(C)Cc4ccccc4C3)cn2n1. The van der Waals surface area contributed by atoms with E-state index >= 15 is 0 Å². The number of aryl methyl sites for hydroxylation is 1. The minimum Gasteiger partial charge on any atom is -0.337 e. The molecule has 0 saturated carbocycles. The molecule has 6 heteroatoms. The quantitative estimate of drug-likeness (QED) is 0.773. The molecule has 0 fully saturated rings. The van der Waals surface area contributed by atoms with E-state index in [9.17, 15) is 4.79 Å². The van der Waals surface area contributed by atoms with Crippen molar-refractivity contribution in [1.29, 1.82) is 0 Å². The molecule has 0 radical (unpaired) electrons. The third-order valence-electron chi connectivity index (χ3n) is 4.72. The predicted molar refractivity (Wildman–Crippen MR) is 96.7 cm³/mol. The zero-order valence-corrected chi connectivity index (χ0v) is 14.4. The Bertz CT molecular complexity index is 921. The number of nitrogens with one attached hydrogen (secondary N) is 2. The Morgan fingerprint density at radius 3 is 2.64 bits per heavy atom. The van der Waals surface area contributed by atoms with Gasteiger partial charge in [0.25, 0.3) is 0 Å². The van der Waals surface area contributed by atoms with E-state index in [2.05, 4.69) is 51.9 Å². The number of hydrogen-bond acceptors (Lipinski definition) is 3. The molecule has 0 bridgehead atoms. The van der Waals surface area contributed by atoms with Crippen molar-refractivity contribution in [3.8, 4) is 0 Å². The van der Waals surface area contributed by atoms with Crippen LogP contribution >= 0.6 is 0 Å². The molecule has 2 heterocycles. The van der Waals surface area contributed by atoms with Gasteiger partial charge in [-0.15, -0.1) is 0 Å². The summed E-state index contributed by atoms with van der Waals surface area (Å²) in [5, 5.41) is 10.1. The van der Waals surface area contributed by atoms with Crippen molar-refractivity contribution >= 4 is 17.4 Å². The van der Waals surface area contributed by atoms with E-state index in [1.54, 1.807) is 10.7 Å². The topological polar surface area (TPSA) is 71.3 Å². The Morgan fingerprint density at radius 2 is 1.92 bits per heavy atom. The van der Waals surface area contributed by atoms with Gasteiger partial charge >= 0.3 is 6.03 Å². The number of aromatic nitrogens is 3. The molecule has 1 aliphatic carbocycles. The molecule has 4 rings (SSSR count). The van der Waals surface area contributed by atoms with Gasteiger partial charge < -0.3 is 10.6 Å². The molecule has 2 aromatic heterocycles. The first-order chi connectivity index (χ1) is 12.0. The van der Waals surface area contributed by atoms with Crippen molar-refractivity contribution in [2.75, 3.05) is 11.9 Å². The molecule has 2 amide bonds. The maximum Gasteiger partial charge on any atom is 0.319 e. The second kappa shape index (κ2) is 5.88. The standard InChI is InChI=1S/C19H21N5O/c1-13-21-17-8-7-16(11-24(17)23-13)22-18(25)20-12-19(2)9-14-5-3-4-6-15(14)10-19/h3-8,11H,9-10,12H2,1-2H3,(H2,20,22,25). The number of fused-ring (bicyclic) bond motifs is 2. The first-order valence-electron chi connectivity index (χ1n) is 8.45. The highest BCUT2D eigenvalue weighted by atomic mass is 16.2. The fourth-order valence-corrected chi connectivity index (χ4v) is 3.55. The molecule has 128 valence electrons. The number of hydrogen-bond donors (Lipinski definition) is 2. The lowest BCUT2D eigenvalue weighted by molar-refractivity contribution is 0.243. The molecule has 1 aliphatic rings. The normalized spacial score (nSPS) is 15.1. The molecule has 1 aromatic carbocycles. The highest BCUT2D eigenvalue weighted by molar-refractivity contribution is 5.89. The first-order valence-corrected chi connectivity index (χ1v) is 8.45. The van der Waals surface area contributed by atoms with E-state index in [-0.39, 0.29) is 11.4 Å². The maximum atomic E-state index is 12.3. The number of anilines is 1. The van der Waals surface area contributed by atoms with Crippen LogP contribution in [0.1, 0.15) is 23.9 Å². The average Bonchev–Trinajstić information content (AvgIpc) is 3.11. The third kappa shape index (κ3) is 3.20. The summed E-state index contributed by atoms with van der Waals surface area (Å²) in [5.41, 5.74) is 4.29. The van der Waals surface area contributed by atoms with Gasteiger partial charge in [-0.2, -0.15) is 5.10 Å². The Balaban J connectivity index is 1.37. The summed E-state index contributed by atoms with van der Waals surface area (Å²) in [6, 6.07) is 12.0. The van der Waals surface area contributed by atoms with Gasteiger partial charge in [0.05, 0.1) is 11.9 Å². The van der Waals surface area contributed by atoms with Gasteiger partial charge in [-0.05, 0) is 48.4 Å². The number of pyridine rings is 1. The maximum absolute atomic E-state index is 12.3. The van der Waals surface area contributed by atoms with E-state index in [1.165, 1.54) is 11.1 Å². The molecule has 0 atom stereocenters. The van der Waals surface area contributed by atoms with Gasteiger partial charge in [0.2, 0.25) is 0 Å². The van der Waals surface area contributed by atoms with Crippen molar-refractivity contribution in [3.05, 3.63) is 59.5 Å². The Kier molecular flexibility index (Phi) is 3.67. The molecule has 0 spiro atoms. The van der Waals surface area contributed by atoms with Crippen LogP contribution in [-0.2, 0) is 12.8 Å². The zero-order chi connectivity index (χ0) is 17.4. The number of carbonyl (C=O) groups is 1. The van der Waals surface area contributed by atoms with Gasteiger partial charge in [0.15, 0.2) is 5.65 Å². The second-order valence-corrected chi connectivity index (χ2v) is 7.12. The molecule has 6 nitrogen and oxygen atoms in total. The molecule has 25 heavy (non-hydrogen) atoms. The van der Waals surface area contributed by atoms with E-state index in [1.807, 2.05) is 19.1 Å². The molecule has 0 unspecified atom stereocenters. The van der Waals surface area contributed by atoms with Gasteiger partial charge in [-0.25, -0.2) is 14.3 Å². The Labute approximate surface area is 146 Å². The minimum absolute atomic E-state index is 0.0635. The molecule has 0 saturated heterocycles. The number of nitrogens with zero attached hydrogens (tertiary/aromatic N) is 3. The summed E-state index contributed by atoms with van der Waals surface area (Å²) in [7, 11) is 0. The summed E-state index contributed by atoms with van der Waals surface area (Å²) < 4.78 is 1.67. The second-order valence-electron chi connectivity index (χ2n) is 7.12. The molecule has 2 N–H and O–H groups in total. The van der Waals surface area contributed by atoms with Crippen LogP contribution in [0.15, 0.2) is 42.6 Å². The van der Waals surface area contributed by atoms with Gasteiger partial charge in [0.1, 0.15) is 5.82 Å². The lowest BCUT2D eigenvalue weighted by Crippen LogP contribution is -2.38. The Hall–Kier alpha value is -2.89. The summed E-state index contributed by atoms with van der Waals surface area (Å²) in [6.45, 7) is 4.70. The Morgan fingerprint density at radius 1 is 1.20 bits per heavy atom. The van der Waals surface area contributed by atoms with Crippen LogP contribution in [-0.4, -0.2) is 27.2 Å². The van der Waals surface area contributed by atoms with Gasteiger partial charge in [-0.3, -0.25) is 0 Å². The summed E-state index contributed by atoms with van der Waals surface area (Å²) in [4.78, 5) is 16.5. The lowest BCUT2D eigenvalue weighted by atomic mass is 9.87. The van der Waals surface area contributed by atoms with Crippen LogP contribution in [0.3, 0.4) is 0 Å². The number of carbonyl (C=O) groups excluding carboxylic acids is 1. The lowest BCUT2D eigenvalue weighted by Gasteiger charge is -2.24. The minimum atomic E-state index is -0.201. The fourth-order valence-electron chi connectivity index (χ4n) is 3.55. The summed E-state index contributed by atoms with van der Waals surface area (Å²) in [5.74, 6) is 0.704. The molecular formula is C19H21N5O. The number of rotatable bonds is 3. The summed E-state index contributed by atoms with van der Waals surface area (Å²) >= 11 is 0. The van der Waals surface area contributed by atoms with E-state index in [0.29, 0.717) is 18.1 Å². The van der Waals surface area contributed by atoms with Crippen LogP contribution < -0.4 is 10.6 Å². The predicted octanol–water partition coefficient (Wildman–Crippen LogP) is 2.96. The smallest absolute Gasteiger partial charge is 0.319 e. The summed E-state index contributed by atoms with van der Waals surface area (Å²) in [6.07, 6.45) is 3.75. The van der Waals surface area contributed by atoms with E-state index in [4.69, 9.17) is 0 Å². The molecule has 3 aromatic rings. The van der Waals surface area contributed by atoms with E-state index in [0.717, 1.165) is 18.5 Å². The third-order valence-corrected chi connectivity index (χ3v) is 4.72. The van der Waals surface area contributed by atoms with Crippen molar-refractivity contribution in [2.45, 2.75) is 26.7 Å². The highest BCUT2D eigenvalue weighted by Gasteiger charge is 2.32. The highest BCUT2D eigenvalue weighted by Crippen LogP contribution is 2.35. The van der Waals surface area contributed by atoms with Crippen LogP contribution in [0.2, 0.25) is 0 Å². The van der Waals surface area contributed by atoms with Gasteiger partial charge in [0, 0.05) is 6.54 Å². The number of amides is 2. The van der Waals surface area contributed by atoms with E-state index < -0.39 is 0 Å². The molecular weight excluding hydrogens is 314 g/mol. The van der Waals surface area contributed by atoms with Crippen molar-refractivity contribution in [3.63, 3.8) is 0 Å². The van der Waals surface area contributed by atoms with Crippen molar-refractivity contribution < 1.29 is 4.79 Å². The van der Waals surface area contributed by atoms with Crippen molar-refractivity contribution in [2.24, 2.45) is 5.41 Å². The number of benzene rings is 1. The monoisotopic (exact) mass is 335 g/mol. The number of urea groups is 1. The van der Waals surface area contributed by atoms with Crippen LogP contribution in [0.25, 0.3) is 5.65 Å². The molecule has 0 aliphatic heterocycles. The average molecular weight is 335 g/mol. The largest absolute Gasteiger partial charge is 0.337 e. The van der Waals surface area contributed by atoms with Crippen LogP contribution in [0.4, 0.5) is 10.5 Å². The zero-order valence-electron chi connectivity index (χ0n) is 14.4. The fraction of sp³-hybridized carbons (Fsp3) is 0.316.